The lowest BCUT2D eigenvalue weighted by Gasteiger charge is -2.32. The molecular weight excluding hydrogens is 273 g/mol. The molecule has 2 saturated heterocycles. The molecule has 1 aromatic rings. The minimum absolute atomic E-state index is 0.263. The van der Waals surface area contributed by atoms with Gasteiger partial charge in [-0.15, -0.1) is 0 Å². The van der Waals surface area contributed by atoms with Crippen molar-refractivity contribution >= 4 is 12.6 Å². The molecule has 1 atom stereocenters. The normalized spacial score (nSPS) is 25.6. The molecule has 3 rings (SSSR count). The number of likely N-dealkylation sites (tertiary alicyclic amines) is 1. The Morgan fingerprint density at radius 2 is 1.45 bits per heavy atom. The molecule has 0 unspecified atom stereocenters. The monoisotopic (exact) mass is 301 g/mol. The van der Waals surface area contributed by atoms with Gasteiger partial charge in [-0.3, -0.25) is 4.90 Å². The molecule has 22 heavy (non-hydrogen) atoms. The average Bonchev–Trinajstić information content (AvgIpc) is 3.05. The molecule has 2 fully saturated rings. The summed E-state index contributed by atoms with van der Waals surface area (Å²) in [5.41, 5.74) is 1.93. The summed E-state index contributed by atoms with van der Waals surface area (Å²) in [6.45, 7) is 13.1. The molecule has 0 spiro atoms. The highest BCUT2D eigenvalue weighted by Gasteiger charge is 2.51. The summed E-state index contributed by atoms with van der Waals surface area (Å²) < 4.78 is 12.2. The largest absolute Gasteiger partial charge is 0.494 e. The van der Waals surface area contributed by atoms with Crippen LogP contribution in [-0.2, 0) is 9.31 Å². The first kappa shape index (κ1) is 16.0. The summed E-state index contributed by atoms with van der Waals surface area (Å²) in [6.07, 6.45) is 2.66. The Morgan fingerprint density at radius 3 is 1.95 bits per heavy atom. The average molecular weight is 301 g/mol. The van der Waals surface area contributed by atoms with Crippen molar-refractivity contribution in [2.75, 3.05) is 13.1 Å². The summed E-state index contributed by atoms with van der Waals surface area (Å²) in [5.74, 6) is 0. The zero-order valence-electron chi connectivity index (χ0n) is 14.6. The molecule has 0 aromatic heterocycles. The fourth-order valence-corrected chi connectivity index (χ4v) is 3.25. The molecule has 2 aliphatic rings. The van der Waals surface area contributed by atoms with E-state index in [-0.39, 0.29) is 18.3 Å². The Balaban J connectivity index is 1.72. The van der Waals surface area contributed by atoms with Crippen molar-refractivity contribution in [1.29, 1.82) is 0 Å². The van der Waals surface area contributed by atoms with Crippen LogP contribution in [0.5, 0.6) is 0 Å². The maximum absolute atomic E-state index is 6.12. The fraction of sp³-hybridized carbons (Fsp3) is 0.667. The summed E-state index contributed by atoms with van der Waals surface area (Å²) in [6, 6.07) is 9.26. The van der Waals surface area contributed by atoms with Gasteiger partial charge in [0.15, 0.2) is 0 Å². The van der Waals surface area contributed by atoms with Crippen molar-refractivity contribution in [3.8, 4) is 0 Å². The van der Waals surface area contributed by atoms with Crippen LogP contribution in [0, 0.1) is 0 Å². The Kier molecular flexibility index (Phi) is 4.13. The molecule has 0 amide bonds. The van der Waals surface area contributed by atoms with Crippen molar-refractivity contribution in [3.63, 3.8) is 0 Å². The van der Waals surface area contributed by atoms with E-state index in [9.17, 15) is 0 Å². The highest BCUT2D eigenvalue weighted by Crippen LogP contribution is 2.36. The summed E-state index contributed by atoms with van der Waals surface area (Å²) in [4.78, 5) is 2.56. The molecule has 0 saturated carbocycles. The van der Waals surface area contributed by atoms with Crippen LogP contribution in [0.15, 0.2) is 24.3 Å². The molecule has 3 nitrogen and oxygen atoms in total. The van der Waals surface area contributed by atoms with E-state index < -0.39 is 0 Å². The van der Waals surface area contributed by atoms with E-state index in [2.05, 4.69) is 63.8 Å². The van der Waals surface area contributed by atoms with Gasteiger partial charge in [-0.2, -0.15) is 0 Å². The second-order valence-corrected chi connectivity index (χ2v) is 7.67. The summed E-state index contributed by atoms with van der Waals surface area (Å²) >= 11 is 0. The molecule has 4 heteroatoms. The van der Waals surface area contributed by atoms with Crippen LogP contribution in [0.1, 0.15) is 59.1 Å². The Hall–Kier alpha value is -0.835. The highest BCUT2D eigenvalue weighted by molar-refractivity contribution is 6.62. The third kappa shape index (κ3) is 2.84. The van der Waals surface area contributed by atoms with Gasteiger partial charge in [-0.25, -0.2) is 0 Å². The molecule has 120 valence electrons. The van der Waals surface area contributed by atoms with E-state index in [4.69, 9.17) is 9.31 Å². The van der Waals surface area contributed by atoms with Crippen molar-refractivity contribution in [3.05, 3.63) is 29.8 Å². The van der Waals surface area contributed by atoms with Gasteiger partial charge < -0.3 is 9.31 Å². The van der Waals surface area contributed by atoms with Gasteiger partial charge in [0.05, 0.1) is 11.2 Å². The molecule has 0 N–H and O–H groups in total. The first-order valence-electron chi connectivity index (χ1n) is 8.50. The molecule has 1 aromatic carbocycles. The van der Waals surface area contributed by atoms with Gasteiger partial charge in [0.1, 0.15) is 0 Å². The minimum Gasteiger partial charge on any atom is -0.399 e. The third-order valence-corrected chi connectivity index (χ3v) is 5.63. The van der Waals surface area contributed by atoms with Crippen LogP contribution >= 0.6 is 0 Å². The number of rotatable bonds is 3. The molecular formula is C18H28BNO2. The molecule has 2 aliphatic heterocycles. The third-order valence-electron chi connectivity index (χ3n) is 5.63. The van der Waals surface area contributed by atoms with E-state index in [1.807, 2.05) is 0 Å². The standard InChI is InChI=1S/C18H28BNO2/c1-14(20-12-6-7-13-20)15-8-10-16(11-9-15)19-21-17(2,3)18(4,5)22-19/h8-11,14H,6-7,12-13H2,1-5H3/t14-/m1/s1. The maximum Gasteiger partial charge on any atom is 0.494 e. The highest BCUT2D eigenvalue weighted by atomic mass is 16.7. The van der Waals surface area contributed by atoms with Gasteiger partial charge in [-0.1, -0.05) is 24.3 Å². The van der Waals surface area contributed by atoms with E-state index in [1.54, 1.807) is 0 Å². The van der Waals surface area contributed by atoms with Crippen molar-refractivity contribution in [2.45, 2.75) is 64.7 Å². The van der Waals surface area contributed by atoms with Gasteiger partial charge in [-0.05, 0) is 71.6 Å². The topological polar surface area (TPSA) is 21.7 Å². The van der Waals surface area contributed by atoms with E-state index >= 15 is 0 Å². The minimum atomic E-state index is -0.279. The zero-order chi connectivity index (χ0) is 16.0. The quantitative estimate of drug-likeness (QED) is 0.801. The second-order valence-electron chi connectivity index (χ2n) is 7.67. The molecule has 0 aliphatic carbocycles. The summed E-state index contributed by atoms with van der Waals surface area (Å²) in [7, 11) is -0.263. The van der Waals surface area contributed by atoms with E-state index in [1.165, 1.54) is 31.5 Å². The van der Waals surface area contributed by atoms with Crippen LogP contribution in [0.25, 0.3) is 0 Å². The van der Waals surface area contributed by atoms with E-state index in [0.29, 0.717) is 6.04 Å². The van der Waals surface area contributed by atoms with Crippen LogP contribution in [0.2, 0.25) is 0 Å². The maximum atomic E-state index is 6.12. The van der Waals surface area contributed by atoms with Crippen molar-refractivity contribution in [1.82, 2.24) is 4.90 Å². The van der Waals surface area contributed by atoms with Gasteiger partial charge in [0, 0.05) is 6.04 Å². The Morgan fingerprint density at radius 1 is 0.955 bits per heavy atom. The first-order valence-corrected chi connectivity index (χ1v) is 8.50. The molecule has 0 radical (unpaired) electrons. The van der Waals surface area contributed by atoms with Gasteiger partial charge >= 0.3 is 7.12 Å². The SMILES string of the molecule is C[C@H](c1ccc(B2OC(C)(C)C(C)(C)O2)cc1)N1CCCC1. The first-order chi connectivity index (χ1) is 10.3. The lowest BCUT2D eigenvalue weighted by atomic mass is 9.78. The fourth-order valence-electron chi connectivity index (χ4n) is 3.25. The summed E-state index contributed by atoms with van der Waals surface area (Å²) in [5, 5.41) is 0. The van der Waals surface area contributed by atoms with Crippen molar-refractivity contribution < 1.29 is 9.31 Å². The zero-order valence-corrected chi connectivity index (χ0v) is 14.6. The smallest absolute Gasteiger partial charge is 0.399 e. The predicted octanol–water partition coefficient (Wildman–Crippen LogP) is 3.14. The van der Waals surface area contributed by atoms with Gasteiger partial charge in [0.2, 0.25) is 0 Å². The number of hydrogen-bond acceptors (Lipinski definition) is 3. The lowest BCUT2D eigenvalue weighted by Crippen LogP contribution is -2.41. The Bertz CT molecular complexity index is 504. The van der Waals surface area contributed by atoms with Crippen LogP contribution in [0.3, 0.4) is 0 Å². The Labute approximate surface area is 135 Å². The second kappa shape index (κ2) is 5.66. The van der Waals surface area contributed by atoms with Gasteiger partial charge in [0.25, 0.3) is 0 Å². The van der Waals surface area contributed by atoms with Crippen LogP contribution in [0.4, 0.5) is 0 Å². The number of hydrogen-bond donors (Lipinski definition) is 0. The predicted molar refractivity (Wildman–Crippen MR) is 91.4 cm³/mol. The van der Waals surface area contributed by atoms with E-state index in [0.717, 1.165) is 5.46 Å². The van der Waals surface area contributed by atoms with Crippen molar-refractivity contribution in [2.24, 2.45) is 0 Å². The lowest BCUT2D eigenvalue weighted by molar-refractivity contribution is 0.00578. The van der Waals surface area contributed by atoms with Crippen LogP contribution < -0.4 is 5.46 Å². The number of nitrogens with zero attached hydrogens (tertiary/aromatic N) is 1. The molecule has 0 bridgehead atoms. The molecule has 2 heterocycles. The number of benzene rings is 1. The van der Waals surface area contributed by atoms with Crippen LogP contribution in [-0.4, -0.2) is 36.3 Å².